The average Bonchev–Trinajstić information content (AvgIpc) is 2.25. The van der Waals surface area contributed by atoms with E-state index in [1.807, 2.05) is 0 Å². The van der Waals surface area contributed by atoms with Crippen LogP contribution in [0.5, 0.6) is 5.75 Å². The van der Waals surface area contributed by atoms with Gasteiger partial charge in [0.25, 0.3) is 0 Å². The molecule has 3 N–H and O–H groups in total. The van der Waals surface area contributed by atoms with Crippen LogP contribution in [0.4, 0.5) is 0 Å². The highest BCUT2D eigenvalue weighted by Crippen LogP contribution is 2.26. The molecule has 0 bridgehead atoms. The van der Waals surface area contributed by atoms with E-state index in [9.17, 15) is 13.2 Å². The van der Waals surface area contributed by atoms with E-state index in [1.54, 1.807) is 0 Å². The Hall–Kier alpha value is -1.60. The molecule has 17 heavy (non-hydrogen) atoms. The molecule has 1 rings (SSSR count). The van der Waals surface area contributed by atoms with Crippen LogP contribution in [0, 0.1) is 0 Å². The standard InChI is InChI=1S/C10H13NO5S/c1-16-7-4-3-6(9(11)10(12)13)5-8(7)17(2,14)15/h3-5,9H,11H2,1-2H3,(H,12,13). The van der Waals surface area contributed by atoms with Gasteiger partial charge in [0, 0.05) is 6.26 Å². The van der Waals surface area contributed by atoms with E-state index in [-0.39, 0.29) is 16.2 Å². The average molecular weight is 259 g/mol. The fourth-order valence-electron chi connectivity index (χ4n) is 1.32. The third kappa shape index (κ3) is 2.95. The van der Waals surface area contributed by atoms with Crippen LogP contribution in [0.25, 0.3) is 0 Å². The van der Waals surface area contributed by atoms with Crippen molar-refractivity contribution < 1.29 is 23.1 Å². The molecule has 0 radical (unpaired) electrons. The minimum atomic E-state index is -3.50. The second kappa shape index (κ2) is 4.72. The van der Waals surface area contributed by atoms with E-state index in [4.69, 9.17) is 15.6 Å². The minimum absolute atomic E-state index is 0.0748. The van der Waals surface area contributed by atoms with Crippen LogP contribution in [0.1, 0.15) is 11.6 Å². The van der Waals surface area contributed by atoms with Crippen molar-refractivity contribution >= 4 is 15.8 Å². The second-order valence-corrected chi connectivity index (χ2v) is 5.48. The molecular formula is C10H13NO5S. The topological polar surface area (TPSA) is 107 Å². The van der Waals surface area contributed by atoms with Crippen LogP contribution in [-0.4, -0.2) is 32.9 Å². The molecule has 0 amide bonds. The highest BCUT2D eigenvalue weighted by Gasteiger charge is 2.20. The summed E-state index contributed by atoms with van der Waals surface area (Å²) in [6, 6.07) is 2.76. The molecule has 0 saturated heterocycles. The Labute approximate surface area is 98.9 Å². The van der Waals surface area contributed by atoms with Gasteiger partial charge in [0.1, 0.15) is 16.7 Å². The SMILES string of the molecule is COc1ccc(C(N)C(=O)O)cc1S(C)(=O)=O. The van der Waals surface area contributed by atoms with Gasteiger partial charge in [-0.25, -0.2) is 8.42 Å². The van der Waals surface area contributed by atoms with Gasteiger partial charge < -0.3 is 15.6 Å². The van der Waals surface area contributed by atoms with E-state index in [0.717, 1.165) is 6.26 Å². The first-order chi connectivity index (χ1) is 7.77. The Bertz CT molecular complexity index is 538. The first kappa shape index (κ1) is 13.5. The molecular weight excluding hydrogens is 246 g/mol. The van der Waals surface area contributed by atoms with Gasteiger partial charge in [-0.15, -0.1) is 0 Å². The first-order valence-corrected chi connectivity index (χ1v) is 6.53. The minimum Gasteiger partial charge on any atom is -0.495 e. The number of hydrogen-bond donors (Lipinski definition) is 2. The summed E-state index contributed by atoms with van der Waals surface area (Å²) in [7, 11) is -2.17. The molecule has 1 unspecified atom stereocenters. The number of nitrogens with two attached hydrogens (primary N) is 1. The van der Waals surface area contributed by atoms with Crippen LogP contribution < -0.4 is 10.5 Å². The van der Waals surface area contributed by atoms with Gasteiger partial charge in [-0.1, -0.05) is 6.07 Å². The van der Waals surface area contributed by atoms with Gasteiger partial charge >= 0.3 is 5.97 Å². The Morgan fingerprint density at radius 2 is 2.06 bits per heavy atom. The van der Waals surface area contributed by atoms with Crippen molar-refractivity contribution in [3.05, 3.63) is 23.8 Å². The predicted octanol–water partition coefficient (Wildman–Crippen LogP) is 0.183. The third-order valence-corrected chi connectivity index (χ3v) is 3.33. The summed E-state index contributed by atoms with van der Waals surface area (Å²) in [5.74, 6) is -1.07. The summed E-state index contributed by atoms with van der Waals surface area (Å²) in [5, 5.41) is 8.75. The van der Waals surface area contributed by atoms with Crippen molar-refractivity contribution in [2.75, 3.05) is 13.4 Å². The van der Waals surface area contributed by atoms with Crippen LogP contribution in [0.3, 0.4) is 0 Å². The maximum Gasteiger partial charge on any atom is 0.325 e. The summed E-state index contributed by atoms with van der Waals surface area (Å²) < 4.78 is 27.9. The Morgan fingerprint density at radius 3 is 2.47 bits per heavy atom. The zero-order chi connectivity index (χ0) is 13.2. The zero-order valence-corrected chi connectivity index (χ0v) is 10.2. The number of ether oxygens (including phenoxy) is 1. The summed E-state index contributed by atoms with van der Waals surface area (Å²) in [5.41, 5.74) is 5.61. The fraction of sp³-hybridized carbons (Fsp3) is 0.300. The highest BCUT2D eigenvalue weighted by molar-refractivity contribution is 7.90. The van der Waals surface area contributed by atoms with Gasteiger partial charge in [-0.2, -0.15) is 0 Å². The van der Waals surface area contributed by atoms with Crippen LogP contribution in [-0.2, 0) is 14.6 Å². The van der Waals surface area contributed by atoms with Crippen molar-refractivity contribution in [1.82, 2.24) is 0 Å². The number of carboxylic acids is 1. The number of methoxy groups -OCH3 is 1. The quantitative estimate of drug-likeness (QED) is 0.799. The van der Waals surface area contributed by atoms with Crippen LogP contribution in [0.2, 0.25) is 0 Å². The monoisotopic (exact) mass is 259 g/mol. The van der Waals surface area contributed by atoms with Gasteiger partial charge in [0.15, 0.2) is 9.84 Å². The fourth-order valence-corrected chi connectivity index (χ4v) is 2.19. The Morgan fingerprint density at radius 1 is 1.47 bits per heavy atom. The maximum absolute atomic E-state index is 11.5. The molecule has 94 valence electrons. The number of carboxylic acid groups (broad SMARTS) is 1. The molecule has 0 saturated carbocycles. The Balaban J connectivity index is 3.38. The summed E-state index contributed by atoms with van der Waals surface area (Å²) in [6.45, 7) is 0. The van der Waals surface area contributed by atoms with Gasteiger partial charge in [-0.3, -0.25) is 4.79 Å². The van der Waals surface area contributed by atoms with Crippen molar-refractivity contribution in [2.45, 2.75) is 10.9 Å². The molecule has 0 fully saturated rings. The van der Waals surface area contributed by atoms with E-state index in [0.29, 0.717) is 0 Å². The molecule has 0 aliphatic carbocycles. The number of aliphatic carboxylic acids is 1. The van der Waals surface area contributed by atoms with Gasteiger partial charge in [0.2, 0.25) is 0 Å². The largest absolute Gasteiger partial charge is 0.495 e. The number of hydrogen-bond acceptors (Lipinski definition) is 5. The normalized spacial score (nSPS) is 13.1. The number of carbonyl (C=O) groups is 1. The second-order valence-electron chi connectivity index (χ2n) is 3.50. The molecule has 1 aromatic rings. The Kier molecular flexibility index (Phi) is 3.74. The smallest absolute Gasteiger partial charge is 0.325 e. The first-order valence-electron chi connectivity index (χ1n) is 4.63. The third-order valence-electron chi connectivity index (χ3n) is 2.21. The zero-order valence-electron chi connectivity index (χ0n) is 9.38. The predicted molar refractivity (Wildman–Crippen MR) is 60.7 cm³/mol. The summed E-state index contributed by atoms with van der Waals surface area (Å²) >= 11 is 0. The lowest BCUT2D eigenvalue weighted by atomic mass is 10.1. The summed E-state index contributed by atoms with van der Waals surface area (Å²) in [4.78, 5) is 10.6. The van der Waals surface area contributed by atoms with Gasteiger partial charge in [-0.05, 0) is 17.7 Å². The lowest BCUT2D eigenvalue weighted by Crippen LogP contribution is -2.21. The molecule has 0 heterocycles. The van der Waals surface area contributed by atoms with Crippen LogP contribution >= 0.6 is 0 Å². The van der Waals surface area contributed by atoms with Crippen molar-refractivity contribution in [3.8, 4) is 5.75 Å². The van der Waals surface area contributed by atoms with E-state index >= 15 is 0 Å². The molecule has 1 aromatic carbocycles. The van der Waals surface area contributed by atoms with Gasteiger partial charge in [0.05, 0.1) is 7.11 Å². The van der Waals surface area contributed by atoms with Crippen molar-refractivity contribution in [1.29, 1.82) is 0 Å². The molecule has 7 heteroatoms. The van der Waals surface area contributed by atoms with E-state index in [1.165, 1.54) is 25.3 Å². The molecule has 0 aliphatic rings. The number of rotatable bonds is 4. The molecule has 0 aromatic heterocycles. The van der Waals surface area contributed by atoms with Crippen molar-refractivity contribution in [2.24, 2.45) is 5.73 Å². The van der Waals surface area contributed by atoms with E-state index in [2.05, 4.69) is 0 Å². The molecule has 0 spiro atoms. The van der Waals surface area contributed by atoms with E-state index < -0.39 is 21.8 Å². The maximum atomic E-state index is 11.5. The molecule has 0 aliphatic heterocycles. The lowest BCUT2D eigenvalue weighted by molar-refractivity contribution is -0.138. The highest BCUT2D eigenvalue weighted by atomic mass is 32.2. The number of benzene rings is 1. The number of sulfone groups is 1. The van der Waals surface area contributed by atoms with Crippen molar-refractivity contribution in [3.63, 3.8) is 0 Å². The molecule has 1 atom stereocenters. The lowest BCUT2D eigenvalue weighted by Gasteiger charge is -2.11. The molecule has 6 nitrogen and oxygen atoms in total. The summed E-state index contributed by atoms with van der Waals surface area (Å²) in [6.07, 6.45) is 1.01. The van der Waals surface area contributed by atoms with Crippen LogP contribution in [0.15, 0.2) is 23.1 Å².